The topological polar surface area (TPSA) is 89.1 Å². The molecule has 0 saturated heterocycles. The number of carboxylic acid groups (broad SMARTS) is 1. The third kappa shape index (κ3) is 3.14. The third-order valence-corrected chi connectivity index (χ3v) is 3.14. The van der Waals surface area contributed by atoms with E-state index in [0.29, 0.717) is 0 Å². The van der Waals surface area contributed by atoms with Crippen molar-refractivity contribution in [1.29, 1.82) is 0 Å². The van der Waals surface area contributed by atoms with Crippen LogP contribution in [-0.4, -0.2) is 21.5 Å². The molecular weight excluding hydrogens is 242 g/mol. The second-order valence-corrected chi connectivity index (χ2v) is 4.47. The van der Waals surface area contributed by atoms with Gasteiger partial charge in [0.2, 0.25) is 0 Å². The van der Waals surface area contributed by atoms with E-state index < -0.39 is 0 Å². The fraction of sp³-hybridized carbons (Fsp3) is 0.214. The van der Waals surface area contributed by atoms with Gasteiger partial charge in [0.15, 0.2) is 0 Å². The van der Waals surface area contributed by atoms with Crippen LogP contribution in [0.5, 0.6) is 0 Å². The maximum atomic E-state index is 8.36. The summed E-state index contributed by atoms with van der Waals surface area (Å²) in [5.74, 6) is 0. The van der Waals surface area contributed by atoms with Crippen molar-refractivity contribution in [3.05, 3.63) is 48.5 Å². The highest BCUT2D eigenvalue weighted by atomic mass is 16.3. The minimum Gasteiger partial charge on any atom is -0.483 e. The Morgan fingerprint density at radius 1 is 1.11 bits per heavy atom. The molecule has 5 heteroatoms. The number of benzene rings is 1. The maximum Gasteiger partial charge on any atom is 0.290 e. The summed E-state index contributed by atoms with van der Waals surface area (Å²) in [6, 6.07) is 8.38. The zero-order valence-electron chi connectivity index (χ0n) is 10.4. The molecule has 5 nitrogen and oxygen atoms in total. The highest BCUT2D eigenvalue weighted by Gasteiger charge is 2.39. The first kappa shape index (κ1) is 13.2. The summed E-state index contributed by atoms with van der Waals surface area (Å²) < 4.78 is 0. The Hall–Kier alpha value is -2.27. The van der Waals surface area contributed by atoms with Gasteiger partial charge in [0.25, 0.3) is 6.47 Å². The molecule has 1 heterocycles. The van der Waals surface area contributed by atoms with Crippen LogP contribution in [-0.2, 0) is 10.3 Å². The first-order valence-corrected chi connectivity index (χ1v) is 5.92. The molecule has 1 saturated carbocycles. The molecule has 19 heavy (non-hydrogen) atoms. The Kier molecular flexibility index (Phi) is 3.87. The van der Waals surface area contributed by atoms with Crippen LogP contribution in [0.25, 0.3) is 11.1 Å². The van der Waals surface area contributed by atoms with Crippen LogP contribution < -0.4 is 5.73 Å². The van der Waals surface area contributed by atoms with E-state index >= 15 is 0 Å². The van der Waals surface area contributed by atoms with E-state index in [1.165, 1.54) is 11.9 Å². The summed E-state index contributed by atoms with van der Waals surface area (Å²) in [5, 5.41) is 6.89. The molecule has 1 aliphatic carbocycles. The van der Waals surface area contributed by atoms with Gasteiger partial charge in [0.1, 0.15) is 6.33 Å². The number of hydrogen-bond donors (Lipinski definition) is 2. The lowest BCUT2D eigenvalue weighted by molar-refractivity contribution is -0.122. The van der Waals surface area contributed by atoms with E-state index in [-0.39, 0.29) is 12.0 Å². The van der Waals surface area contributed by atoms with Crippen molar-refractivity contribution in [3.63, 3.8) is 0 Å². The first-order valence-electron chi connectivity index (χ1n) is 5.92. The highest BCUT2D eigenvalue weighted by molar-refractivity contribution is 5.62. The molecule has 1 aromatic carbocycles. The van der Waals surface area contributed by atoms with Crippen molar-refractivity contribution in [2.45, 2.75) is 18.4 Å². The van der Waals surface area contributed by atoms with Gasteiger partial charge in [0.05, 0.1) is 0 Å². The number of nitrogens with zero attached hydrogens (tertiary/aromatic N) is 2. The molecule has 1 aromatic heterocycles. The summed E-state index contributed by atoms with van der Waals surface area (Å²) in [6.07, 6.45) is 7.37. The minimum atomic E-state index is -0.250. The normalized spacial score (nSPS) is 15.0. The molecule has 0 radical (unpaired) electrons. The lowest BCUT2D eigenvalue weighted by Gasteiger charge is -2.09. The van der Waals surface area contributed by atoms with Crippen LogP contribution in [0.15, 0.2) is 43.0 Å². The second-order valence-electron chi connectivity index (χ2n) is 4.47. The predicted octanol–water partition coefficient (Wildman–Crippen LogP) is 1.79. The van der Waals surface area contributed by atoms with Crippen LogP contribution in [0.4, 0.5) is 0 Å². The molecule has 0 amide bonds. The lowest BCUT2D eigenvalue weighted by atomic mass is 10.0. The van der Waals surface area contributed by atoms with Crippen LogP contribution in [0.2, 0.25) is 0 Å². The van der Waals surface area contributed by atoms with Gasteiger partial charge >= 0.3 is 0 Å². The predicted molar refractivity (Wildman–Crippen MR) is 71.3 cm³/mol. The van der Waals surface area contributed by atoms with Crippen LogP contribution in [0, 0.1) is 0 Å². The summed E-state index contributed by atoms with van der Waals surface area (Å²) in [4.78, 5) is 16.4. The van der Waals surface area contributed by atoms with E-state index in [0.717, 1.165) is 24.0 Å². The monoisotopic (exact) mass is 257 g/mol. The van der Waals surface area contributed by atoms with E-state index in [4.69, 9.17) is 15.6 Å². The average Bonchev–Trinajstić information content (AvgIpc) is 3.20. The smallest absolute Gasteiger partial charge is 0.290 e. The molecule has 98 valence electrons. The van der Waals surface area contributed by atoms with Crippen molar-refractivity contribution in [2.24, 2.45) is 5.73 Å². The van der Waals surface area contributed by atoms with Gasteiger partial charge in [-0.05, 0) is 24.0 Å². The Bertz CT molecular complexity index is 536. The lowest BCUT2D eigenvalue weighted by Crippen LogP contribution is -2.18. The molecule has 2 aromatic rings. The SMILES string of the molecule is NC1(c2ccc(-c3cncnc3)cc2)CC1.O=CO. The van der Waals surface area contributed by atoms with Crippen LogP contribution in [0.3, 0.4) is 0 Å². The summed E-state index contributed by atoms with van der Waals surface area (Å²) in [5.41, 5.74) is 9.48. The molecule has 1 fully saturated rings. The van der Waals surface area contributed by atoms with Crippen LogP contribution >= 0.6 is 0 Å². The molecule has 3 rings (SSSR count). The van der Waals surface area contributed by atoms with E-state index in [2.05, 4.69) is 34.2 Å². The average molecular weight is 257 g/mol. The Morgan fingerprint density at radius 3 is 2.11 bits per heavy atom. The summed E-state index contributed by atoms with van der Waals surface area (Å²) in [7, 11) is 0. The molecule has 0 spiro atoms. The molecule has 0 bridgehead atoms. The Balaban J connectivity index is 0.000000408. The molecule has 1 aliphatic rings. The van der Waals surface area contributed by atoms with Crippen LogP contribution in [0.1, 0.15) is 18.4 Å². The fourth-order valence-corrected chi connectivity index (χ4v) is 1.87. The highest BCUT2D eigenvalue weighted by Crippen LogP contribution is 2.42. The fourth-order valence-electron chi connectivity index (χ4n) is 1.87. The zero-order valence-corrected chi connectivity index (χ0v) is 10.4. The molecule has 0 atom stereocenters. The van der Waals surface area contributed by atoms with Gasteiger partial charge < -0.3 is 10.8 Å². The van der Waals surface area contributed by atoms with Gasteiger partial charge in [-0.15, -0.1) is 0 Å². The van der Waals surface area contributed by atoms with Gasteiger partial charge in [-0.3, -0.25) is 4.79 Å². The van der Waals surface area contributed by atoms with Gasteiger partial charge in [-0.25, -0.2) is 9.97 Å². The largest absolute Gasteiger partial charge is 0.483 e. The number of rotatable bonds is 2. The van der Waals surface area contributed by atoms with Crippen molar-refractivity contribution in [1.82, 2.24) is 9.97 Å². The molecular formula is C14H15N3O2. The number of nitrogens with two attached hydrogens (primary N) is 1. The zero-order chi connectivity index (χ0) is 13.7. The van der Waals surface area contributed by atoms with Crippen molar-refractivity contribution in [3.8, 4) is 11.1 Å². The minimum absolute atomic E-state index is 0.0499. The Labute approximate surface area is 111 Å². The van der Waals surface area contributed by atoms with E-state index in [1.807, 2.05) is 12.4 Å². The van der Waals surface area contributed by atoms with Crippen molar-refractivity contribution in [2.75, 3.05) is 0 Å². The summed E-state index contributed by atoms with van der Waals surface area (Å²) >= 11 is 0. The quantitative estimate of drug-likeness (QED) is 0.801. The number of hydrogen-bond acceptors (Lipinski definition) is 4. The van der Waals surface area contributed by atoms with Gasteiger partial charge in [0, 0.05) is 23.5 Å². The molecule has 0 unspecified atom stereocenters. The number of aromatic nitrogens is 2. The maximum absolute atomic E-state index is 8.36. The van der Waals surface area contributed by atoms with Crippen molar-refractivity contribution < 1.29 is 9.90 Å². The third-order valence-electron chi connectivity index (χ3n) is 3.14. The van der Waals surface area contributed by atoms with E-state index in [9.17, 15) is 0 Å². The Morgan fingerprint density at radius 2 is 1.63 bits per heavy atom. The molecule has 3 N–H and O–H groups in total. The molecule has 0 aliphatic heterocycles. The first-order chi connectivity index (χ1) is 9.19. The number of carbonyl (C=O) groups is 1. The van der Waals surface area contributed by atoms with E-state index in [1.54, 1.807) is 0 Å². The second kappa shape index (κ2) is 5.58. The van der Waals surface area contributed by atoms with Crippen molar-refractivity contribution >= 4 is 6.47 Å². The summed E-state index contributed by atoms with van der Waals surface area (Å²) in [6.45, 7) is -0.250. The standard InChI is InChI=1S/C13H13N3.CH2O2/c14-13(5-6-13)12-3-1-10(2-4-12)11-7-15-9-16-8-11;2-1-3/h1-4,7-9H,5-6,14H2;1H,(H,2,3). The van der Waals surface area contributed by atoms with Gasteiger partial charge in [-0.2, -0.15) is 0 Å². The van der Waals surface area contributed by atoms with Gasteiger partial charge in [-0.1, -0.05) is 24.3 Å².